The van der Waals surface area contributed by atoms with Gasteiger partial charge in [0.2, 0.25) is 5.89 Å². The van der Waals surface area contributed by atoms with Crippen molar-refractivity contribution in [2.75, 3.05) is 7.11 Å². The number of carbonyl (C=O) groups is 1. The Morgan fingerprint density at radius 3 is 2.76 bits per heavy atom. The van der Waals surface area contributed by atoms with E-state index in [9.17, 15) is 9.18 Å². The van der Waals surface area contributed by atoms with Crippen LogP contribution in [-0.2, 0) is 0 Å². The predicted molar refractivity (Wildman–Crippen MR) is 72.9 cm³/mol. The molecule has 0 saturated heterocycles. The molecule has 0 aliphatic rings. The van der Waals surface area contributed by atoms with Crippen LogP contribution in [0.15, 0.2) is 40.8 Å². The van der Waals surface area contributed by atoms with Gasteiger partial charge in [0, 0.05) is 0 Å². The third-order valence-electron chi connectivity index (χ3n) is 3.05. The van der Waals surface area contributed by atoms with E-state index in [-0.39, 0.29) is 28.4 Å². The number of nitrogens with zero attached hydrogens (tertiary/aromatic N) is 1. The number of carboxylic acid groups (broad SMARTS) is 1. The molecular weight excluding hydrogens is 277 g/mol. The molecule has 0 amide bonds. The van der Waals surface area contributed by atoms with Gasteiger partial charge < -0.3 is 14.3 Å². The molecule has 21 heavy (non-hydrogen) atoms. The quantitative estimate of drug-likeness (QED) is 0.799. The number of hydrogen-bond acceptors (Lipinski definition) is 4. The maximum absolute atomic E-state index is 14.0. The van der Waals surface area contributed by atoms with Crippen LogP contribution in [-0.4, -0.2) is 23.2 Å². The molecule has 5 nitrogen and oxygen atoms in total. The smallest absolute Gasteiger partial charge is 0.339 e. The van der Waals surface area contributed by atoms with E-state index in [1.807, 2.05) is 0 Å². The maximum Gasteiger partial charge on any atom is 0.339 e. The van der Waals surface area contributed by atoms with Gasteiger partial charge >= 0.3 is 5.97 Å². The predicted octanol–water partition coefficient (Wildman–Crippen LogP) is 3.34. The highest BCUT2D eigenvalue weighted by Gasteiger charge is 2.20. The lowest BCUT2D eigenvalue weighted by Crippen LogP contribution is -1.95. The van der Waals surface area contributed by atoms with Crippen LogP contribution < -0.4 is 4.74 Å². The number of carboxylic acids is 1. The number of para-hydroxylation sites is 1. The van der Waals surface area contributed by atoms with Gasteiger partial charge in [-0.2, -0.15) is 0 Å². The van der Waals surface area contributed by atoms with Gasteiger partial charge in [-0.05, 0) is 24.3 Å². The second kappa shape index (κ2) is 4.90. The van der Waals surface area contributed by atoms with Crippen molar-refractivity contribution in [2.45, 2.75) is 0 Å². The Balaban J connectivity index is 2.28. The molecule has 0 bridgehead atoms. The fraction of sp³-hybridized carbons (Fsp3) is 0.0667. The first-order valence-electron chi connectivity index (χ1n) is 6.07. The van der Waals surface area contributed by atoms with Gasteiger partial charge in [0.05, 0.1) is 7.11 Å². The normalized spacial score (nSPS) is 10.8. The largest absolute Gasteiger partial charge is 0.496 e. The molecule has 2 aromatic carbocycles. The van der Waals surface area contributed by atoms with E-state index in [0.717, 1.165) is 0 Å². The molecular formula is C15H10FNO4. The van der Waals surface area contributed by atoms with Crippen molar-refractivity contribution in [1.29, 1.82) is 0 Å². The van der Waals surface area contributed by atoms with Crippen LogP contribution in [0.5, 0.6) is 5.75 Å². The molecule has 0 aliphatic heterocycles. The molecule has 6 heteroatoms. The van der Waals surface area contributed by atoms with Gasteiger partial charge in [0.25, 0.3) is 0 Å². The van der Waals surface area contributed by atoms with Crippen LogP contribution in [0, 0.1) is 5.82 Å². The summed E-state index contributed by atoms with van der Waals surface area (Å²) in [4.78, 5) is 15.3. The number of methoxy groups -OCH3 is 1. The Kier molecular flexibility index (Phi) is 3.06. The van der Waals surface area contributed by atoms with Gasteiger partial charge in [-0.25, -0.2) is 14.2 Å². The highest BCUT2D eigenvalue weighted by Crippen LogP contribution is 2.34. The minimum atomic E-state index is -1.14. The van der Waals surface area contributed by atoms with Crippen LogP contribution in [0.25, 0.3) is 22.6 Å². The molecule has 106 valence electrons. The van der Waals surface area contributed by atoms with E-state index in [0.29, 0.717) is 5.52 Å². The fourth-order valence-electron chi connectivity index (χ4n) is 2.11. The van der Waals surface area contributed by atoms with Gasteiger partial charge in [0.1, 0.15) is 28.2 Å². The highest BCUT2D eigenvalue weighted by molar-refractivity contribution is 6.00. The Morgan fingerprint density at radius 1 is 1.29 bits per heavy atom. The Hall–Kier alpha value is -2.89. The van der Waals surface area contributed by atoms with Crippen LogP contribution in [0.1, 0.15) is 10.4 Å². The highest BCUT2D eigenvalue weighted by atomic mass is 19.1. The van der Waals surface area contributed by atoms with E-state index in [2.05, 4.69) is 4.98 Å². The number of ether oxygens (including phenoxy) is 1. The monoisotopic (exact) mass is 287 g/mol. The minimum absolute atomic E-state index is 0.0198. The van der Waals surface area contributed by atoms with Crippen molar-refractivity contribution in [3.05, 3.63) is 47.8 Å². The van der Waals surface area contributed by atoms with Gasteiger partial charge in [-0.1, -0.05) is 12.1 Å². The lowest BCUT2D eigenvalue weighted by Gasteiger charge is -2.05. The second-order valence-electron chi connectivity index (χ2n) is 4.30. The molecule has 0 atom stereocenters. The molecule has 0 radical (unpaired) electrons. The standard InChI is InChI=1S/C15H10FNO4/c1-20-11-7-3-5-9(16)12(11)14-17-10-6-2-4-8(15(18)19)13(10)21-14/h2-7H,1H3,(H,18,19). The Labute approximate surface area is 118 Å². The van der Waals surface area contributed by atoms with E-state index in [4.69, 9.17) is 14.3 Å². The zero-order valence-electron chi connectivity index (χ0n) is 11.0. The number of hydrogen-bond donors (Lipinski definition) is 1. The summed E-state index contributed by atoms with van der Waals surface area (Å²) in [5.74, 6) is -1.45. The minimum Gasteiger partial charge on any atom is -0.496 e. The molecule has 3 aromatic rings. The molecule has 1 aromatic heterocycles. The van der Waals surface area contributed by atoms with Crippen LogP contribution in [0.3, 0.4) is 0 Å². The number of aromatic carboxylic acids is 1. The third-order valence-corrected chi connectivity index (χ3v) is 3.05. The van der Waals surface area contributed by atoms with Crippen molar-refractivity contribution in [1.82, 2.24) is 4.98 Å². The lowest BCUT2D eigenvalue weighted by molar-refractivity contribution is 0.0698. The number of aromatic nitrogens is 1. The fourth-order valence-corrected chi connectivity index (χ4v) is 2.11. The van der Waals surface area contributed by atoms with Crippen molar-refractivity contribution < 1.29 is 23.4 Å². The summed E-state index contributed by atoms with van der Waals surface area (Å²) in [6.07, 6.45) is 0. The molecule has 0 spiro atoms. The SMILES string of the molecule is COc1cccc(F)c1-c1nc2cccc(C(=O)O)c2o1. The van der Waals surface area contributed by atoms with Gasteiger partial charge in [-0.3, -0.25) is 0 Å². The molecule has 0 unspecified atom stereocenters. The average Bonchev–Trinajstić information content (AvgIpc) is 2.89. The topological polar surface area (TPSA) is 72.6 Å². The van der Waals surface area contributed by atoms with Crippen molar-refractivity contribution in [3.8, 4) is 17.2 Å². The first kappa shape index (κ1) is 13.1. The Bertz CT molecular complexity index is 841. The van der Waals surface area contributed by atoms with Gasteiger partial charge in [0.15, 0.2) is 5.58 Å². The molecule has 1 heterocycles. The Morgan fingerprint density at radius 2 is 2.05 bits per heavy atom. The zero-order valence-corrected chi connectivity index (χ0v) is 11.0. The van der Waals surface area contributed by atoms with Crippen LogP contribution >= 0.6 is 0 Å². The second-order valence-corrected chi connectivity index (χ2v) is 4.30. The number of oxazole rings is 1. The van der Waals surface area contributed by atoms with Crippen molar-refractivity contribution in [3.63, 3.8) is 0 Å². The lowest BCUT2D eigenvalue weighted by atomic mass is 10.2. The third kappa shape index (κ3) is 2.10. The van der Waals surface area contributed by atoms with Crippen LogP contribution in [0.4, 0.5) is 4.39 Å². The summed E-state index contributed by atoms with van der Waals surface area (Å²) < 4.78 is 24.6. The summed E-state index contributed by atoms with van der Waals surface area (Å²) in [5.41, 5.74) is 0.481. The summed E-state index contributed by atoms with van der Waals surface area (Å²) >= 11 is 0. The van der Waals surface area contributed by atoms with Crippen LogP contribution in [0.2, 0.25) is 0 Å². The van der Waals surface area contributed by atoms with E-state index < -0.39 is 11.8 Å². The first-order chi connectivity index (χ1) is 10.1. The number of fused-ring (bicyclic) bond motifs is 1. The van der Waals surface area contributed by atoms with E-state index in [1.165, 1.54) is 25.3 Å². The molecule has 0 fully saturated rings. The van der Waals surface area contributed by atoms with Crippen molar-refractivity contribution >= 4 is 17.1 Å². The molecule has 0 aliphatic carbocycles. The molecule has 3 rings (SSSR count). The summed E-state index contributed by atoms with van der Waals surface area (Å²) in [7, 11) is 1.41. The summed E-state index contributed by atoms with van der Waals surface area (Å²) in [5, 5.41) is 9.13. The summed E-state index contributed by atoms with van der Waals surface area (Å²) in [6.45, 7) is 0. The maximum atomic E-state index is 14.0. The molecule has 0 saturated carbocycles. The van der Waals surface area contributed by atoms with Crippen molar-refractivity contribution in [2.24, 2.45) is 0 Å². The zero-order chi connectivity index (χ0) is 15.0. The summed E-state index contributed by atoms with van der Waals surface area (Å²) in [6, 6.07) is 8.89. The number of halogens is 1. The van der Waals surface area contributed by atoms with E-state index >= 15 is 0 Å². The average molecular weight is 287 g/mol. The van der Waals surface area contributed by atoms with E-state index in [1.54, 1.807) is 18.2 Å². The molecule has 1 N–H and O–H groups in total. The van der Waals surface area contributed by atoms with Gasteiger partial charge in [-0.15, -0.1) is 0 Å². The number of benzene rings is 2. The number of rotatable bonds is 3. The first-order valence-corrected chi connectivity index (χ1v) is 6.07.